The highest BCUT2D eigenvalue weighted by Crippen LogP contribution is 2.44. The molecule has 4 atom stereocenters. The lowest BCUT2D eigenvalue weighted by molar-refractivity contribution is 0.181. The van der Waals surface area contributed by atoms with Gasteiger partial charge in [0.05, 0.1) is 0 Å². The van der Waals surface area contributed by atoms with Crippen LogP contribution in [-0.4, -0.2) is 0 Å². The van der Waals surface area contributed by atoms with Crippen LogP contribution >= 0.6 is 0 Å². The second kappa shape index (κ2) is 12.6. The summed E-state index contributed by atoms with van der Waals surface area (Å²) < 4.78 is 0. The van der Waals surface area contributed by atoms with Crippen LogP contribution in [0.4, 0.5) is 0 Å². The predicted octanol–water partition coefficient (Wildman–Crippen LogP) is 10.5. The summed E-state index contributed by atoms with van der Waals surface area (Å²) >= 11 is 0. The van der Waals surface area contributed by atoms with Crippen LogP contribution in [0.15, 0.2) is 46.6 Å². The summed E-state index contributed by atoms with van der Waals surface area (Å²) in [5.41, 5.74) is 6.40. The lowest BCUT2D eigenvalue weighted by Crippen LogP contribution is -2.24. The Kier molecular flexibility index (Phi) is 10.1. The summed E-state index contributed by atoms with van der Waals surface area (Å²) in [6.07, 6.45) is 25.2. The fourth-order valence-corrected chi connectivity index (χ4v) is 7.20. The Morgan fingerprint density at radius 2 is 1.64 bits per heavy atom. The molecule has 0 spiro atoms. The van der Waals surface area contributed by atoms with Crippen molar-refractivity contribution in [2.45, 2.75) is 119 Å². The van der Waals surface area contributed by atoms with E-state index in [4.69, 9.17) is 0 Å². The van der Waals surface area contributed by atoms with Crippen molar-refractivity contribution in [2.75, 3.05) is 0 Å². The molecule has 0 heteroatoms. The van der Waals surface area contributed by atoms with Crippen LogP contribution in [0.3, 0.4) is 0 Å². The molecule has 4 unspecified atom stereocenters. The molecule has 0 aliphatic heterocycles. The maximum absolute atomic E-state index is 2.81. The third kappa shape index (κ3) is 6.76. The minimum atomic E-state index is 0.681. The SMILES string of the molecule is CC=C(C1=CC(C2CCCC(C(C)C(C)C)CCC2)C(C)CCC1C)C1=C(C)C=CCCC1. The van der Waals surface area contributed by atoms with Gasteiger partial charge in [0.2, 0.25) is 0 Å². The van der Waals surface area contributed by atoms with E-state index >= 15 is 0 Å². The normalized spacial score (nSPS) is 33.8. The fourth-order valence-electron chi connectivity index (χ4n) is 7.20. The van der Waals surface area contributed by atoms with Crippen LogP contribution in [0, 0.1) is 41.4 Å². The van der Waals surface area contributed by atoms with Gasteiger partial charge in [0.15, 0.2) is 0 Å². The molecule has 3 aliphatic carbocycles. The van der Waals surface area contributed by atoms with E-state index in [1.165, 1.54) is 76.2 Å². The van der Waals surface area contributed by atoms with Crippen LogP contribution in [0.25, 0.3) is 0 Å². The molecule has 0 aromatic carbocycles. The van der Waals surface area contributed by atoms with E-state index in [1.807, 2.05) is 0 Å². The number of rotatable bonds is 5. The minimum Gasteiger partial charge on any atom is -0.0843 e. The number of allylic oxidation sites excluding steroid dienone is 8. The third-order valence-corrected chi connectivity index (χ3v) is 9.82. The summed E-state index contributed by atoms with van der Waals surface area (Å²) in [6.45, 7) is 17.0. The molecule has 33 heavy (non-hydrogen) atoms. The quantitative estimate of drug-likeness (QED) is 0.390. The fraction of sp³-hybridized carbons (Fsp3) is 0.758. The van der Waals surface area contributed by atoms with Gasteiger partial charge in [0, 0.05) is 0 Å². The molecule has 0 aromatic rings. The van der Waals surface area contributed by atoms with E-state index in [1.54, 1.807) is 16.7 Å². The van der Waals surface area contributed by atoms with Crippen LogP contribution in [0.1, 0.15) is 119 Å². The molecule has 3 rings (SSSR count). The summed E-state index contributed by atoms with van der Waals surface area (Å²) in [5, 5.41) is 0. The Labute approximate surface area is 207 Å². The van der Waals surface area contributed by atoms with Crippen LogP contribution in [0.5, 0.6) is 0 Å². The van der Waals surface area contributed by atoms with Crippen LogP contribution in [0.2, 0.25) is 0 Å². The summed E-state index contributed by atoms with van der Waals surface area (Å²) in [5.74, 6) is 5.82. The van der Waals surface area contributed by atoms with E-state index in [2.05, 4.69) is 72.8 Å². The highest BCUT2D eigenvalue weighted by Gasteiger charge is 2.32. The maximum atomic E-state index is 2.81. The van der Waals surface area contributed by atoms with Gasteiger partial charge in [-0.1, -0.05) is 84.6 Å². The summed E-state index contributed by atoms with van der Waals surface area (Å²) in [7, 11) is 0. The molecule has 0 aromatic heterocycles. The molecule has 0 bridgehead atoms. The van der Waals surface area contributed by atoms with Gasteiger partial charge < -0.3 is 0 Å². The largest absolute Gasteiger partial charge is 0.0843 e. The van der Waals surface area contributed by atoms with Gasteiger partial charge in [-0.15, -0.1) is 0 Å². The van der Waals surface area contributed by atoms with Crippen molar-refractivity contribution in [3.05, 3.63) is 46.6 Å². The zero-order valence-corrected chi connectivity index (χ0v) is 23.1. The molecule has 186 valence electrons. The predicted molar refractivity (Wildman–Crippen MR) is 147 cm³/mol. The van der Waals surface area contributed by atoms with Gasteiger partial charge in [-0.25, -0.2) is 0 Å². The van der Waals surface area contributed by atoms with Crippen LogP contribution in [-0.2, 0) is 0 Å². The molecular weight excluding hydrogens is 396 g/mol. The zero-order valence-electron chi connectivity index (χ0n) is 23.1. The lowest BCUT2D eigenvalue weighted by atomic mass is 9.71. The van der Waals surface area contributed by atoms with E-state index < -0.39 is 0 Å². The Balaban J connectivity index is 1.83. The van der Waals surface area contributed by atoms with Gasteiger partial charge in [-0.05, 0) is 123 Å². The molecule has 0 nitrogen and oxygen atoms in total. The third-order valence-electron chi connectivity index (χ3n) is 9.82. The Morgan fingerprint density at radius 3 is 2.27 bits per heavy atom. The average Bonchev–Trinajstić information content (AvgIpc) is 3.06. The summed E-state index contributed by atoms with van der Waals surface area (Å²) in [6, 6.07) is 0. The lowest BCUT2D eigenvalue weighted by Gasteiger charge is -2.34. The van der Waals surface area contributed by atoms with E-state index in [0.717, 1.165) is 35.5 Å². The van der Waals surface area contributed by atoms with Crippen LogP contribution < -0.4 is 0 Å². The smallest absolute Gasteiger partial charge is 0.0173 e. The van der Waals surface area contributed by atoms with Crippen molar-refractivity contribution in [3.8, 4) is 0 Å². The first-order chi connectivity index (χ1) is 15.8. The highest BCUT2D eigenvalue weighted by atomic mass is 14.4. The van der Waals surface area contributed by atoms with Gasteiger partial charge in [-0.2, -0.15) is 0 Å². The maximum Gasteiger partial charge on any atom is -0.0173 e. The molecule has 0 radical (unpaired) electrons. The molecule has 0 amide bonds. The highest BCUT2D eigenvalue weighted by molar-refractivity contribution is 5.52. The number of hydrogen-bond acceptors (Lipinski definition) is 0. The first kappa shape index (κ1) is 26.6. The second-order valence-corrected chi connectivity index (χ2v) is 12.3. The van der Waals surface area contributed by atoms with Gasteiger partial charge >= 0.3 is 0 Å². The monoisotopic (exact) mass is 450 g/mol. The first-order valence-corrected chi connectivity index (χ1v) is 14.6. The van der Waals surface area contributed by atoms with E-state index in [9.17, 15) is 0 Å². The molecule has 1 saturated carbocycles. The first-order valence-electron chi connectivity index (χ1n) is 14.6. The standard InChI is InChI=1S/C33H54/c1-8-30(31-19-11-9-10-14-24(31)4)33-22-32(25(5)20-21-26(33)6)29-17-12-15-28(16-13-18-29)27(7)23(2)3/h8,10,14,22-23,25-29,32H,9,11-13,15-21H2,1-7H3. The Hall–Kier alpha value is -1.04. The van der Waals surface area contributed by atoms with Crippen molar-refractivity contribution in [2.24, 2.45) is 41.4 Å². The van der Waals surface area contributed by atoms with Crippen molar-refractivity contribution in [1.29, 1.82) is 0 Å². The van der Waals surface area contributed by atoms with Crippen molar-refractivity contribution in [3.63, 3.8) is 0 Å². The van der Waals surface area contributed by atoms with Crippen molar-refractivity contribution >= 4 is 0 Å². The van der Waals surface area contributed by atoms with Gasteiger partial charge in [-0.3, -0.25) is 0 Å². The second-order valence-electron chi connectivity index (χ2n) is 12.3. The van der Waals surface area contributed by atoms with Crippen molar-refractivity contribution < 1.29 is 0 Å². The molecule has 1 fully saturated rings. The summed E-state index contributed by atoms with van der Waals surface area (Å²) in [4.78, 5) is 0. The molecule has 0 heterocycles. The molecular formula is C33H54. The Bertz CT molecular complexity index is 732. The van der Waals surface area contributed by atoms with E-state index in [0.29, 0.717) is 5.92 Å². The molecule has 0 saturated heterocycles. The zero-order chi connectivity index (χ0) is 24.0. The average molecular weight is 451 g/mol. The Morgan fingerprint density at radius 1 is 0.939 bits per heavy atom. The van der Waals surface area contributed by atoms with Crippen molar-refractivity contribution in [1.82, 2.24) is 0 Å². The van der Waals surface area contributed by atoms with Gasteiger partial charge in [0.1, 0.15) is 0 Å². The number of hydrogen-bond donors (Lipinski definition) is 0. The van der Waals surface area contributed by atoms with Gasteiger partial charge in [0.25, 0.3) is 0 Å². The minimum absolute atomic E-state index is 0.681. The van der Waals surface area contributed by atoms with E-state index in [-0.39, 0.29) is 0 Å². The topological polar surface area (TPSA) is 0 Å². The molecule has 3 aliphatic rings. The molecule has 0 N–H and O–H groups in total.